The number of nitrogens with zero attached hydrogens (tertiary/aromatic N) is 4. The molecule has 9 heteroatoms. The third-order valence-corrected chi connectivity index (χ3v) is 6.07. The molecule has 182 valence electrons. The Morgan fingerprint density at radius 3 is 2.83 bits per heavy atom. The van der Waals surface area contributed by atoms with Crippen LogP contribution in [0.5, 0.6) is 5.75 Å². The number of likely N-dealkylation sites (tertiary alicyclic amines) is 1. The van der Waals surface area contributed by atoms with Gasteiger partial charge in [0.1, 0.15) is 11.8 Å². The molecule has 1 atom stereocenters. The second-order valence-corrected chi connectivity index (χ2v) is 8.92. The summed E-state index contributed by atoms with van der Waals surface area (Å²) in [5.41, 5.74) is 4.25. The number of aliphatic hydroxyl groups is 1. The highest BCUT2D eigenvalue weighted by Crippen LogP contribution is 2.34. The van der Waals surface area contributed by atoms with Crippen molar-refractivity contribution < 1.29 is 19.5 Å². The highest BCUT2D eigenvalue weighted by Gasteiger charge is 2.32. The first-order valence-electron chi connectivity index (χ1n) is 11.6. The predicted molar refractivity (Wildman–Crippen MR) is 131 cm³/mol. The van der Waals surface area contributed by atoms with Gasteiger partial charge in [-0.2, -0.15) is 5.26 Å². The highest BCUT2D eigenvalue weighted by molar-refractivity contribution is 5.94. The maximum absolute atomic E-state index is 12.4. The van der Waals surface area contributed by atoms with Crippen molar-refractivity contribution in [3.05, 3.63) is 64.2 Å². The molecule has 2 aromatic rings. The number of oxime groups is 1. The SMILES string of the molecule is C=NOC(=NCc1cccc2c1CCC2NC(=O)N1CC(O)C1)c1ccc(OC(C)C)c(C#N)c1. The van der Waals surface area contributed by atoms with Crippen LogP contribution in [0.15, 0.2) is 46.5 Å². The van der Waals surface area contributed by atoms with E-state index in [-0.39, 0.29) is 24.1 Å². The van der Waals surface area contributed by atoms with Crippen LogP contribution < -0.4 is 10.1 Å². The number of benzene rings is 2. The molecule has 2 amide bonds. The molecule has 1 aliphatic carbocycles. The van der Waals surface area contributed by atoms with E-state index < -0.39 is 6.10 Å². The van der Waals surface area contributed by atoms with Crippen LogP contribution >= 0.6 is 0 Å². The zero-order valence-electron chi connectivity index (χ0n) is 19.9. The lowest BCUT2D eigenvalue weighted by Crippen LogP contribution is -2.57. The Balaban J connectivity index is 1.52. The summed E-state index contributed by atoms with van der Waals surface area (Å²) in [4.78, 5) is 24.0. The average molecular weight is 476 g/mol. The molecule has 0 radical (unpaired) electrons. The fraction of sp³-hybridized carbons (Fsp3) is 0.385. The Morgan fingerprint density at radius 2 is 2.14 bits per heavy atom. The van der Waals surface area contributed by atoms with Gasteiger partial charge in [0.05, 0.1) is 43.4 Å². The molecule has 1 saturated heterocycles. The molecule has 0 bridgehead atoms. The van der Waals surface area contributed by atoms with E-state index in [0.717, 1.165) is 29.5 Å². The normalized spacial score (nSPS) is 17.4. The van der Waals surface area contributed by atoms with Gasteiger partial charge < -0.3 is 24.9 Å². The van der Waals surface area contributed by atoms with Gasteiger partial charge in [0, 0.05) is 12.3 Å². The lowest BCUT2D eigenvalue weighted by molar-refractivity contribution is 0.0257. The quantitative estimate of drug-likeness (QED) is 0.362. The number of carbonyl (C=O) groups excluding carboxylic acids is 1. The molecular formula is C26H29N5O4. The standard InChI is InChI=1S/C26H29N5O4/c1-16(2)34-24-10-7-17(11-19(24)12-27)25(35-28-3)29-13-18-5-4-6-22-21(18)8-9-23(22)30-26(33)31-14-20(32)15-31/h4-7,10-11,16,20,23,32H,3,8-9,13-15H2,1-2H3,(H,30,33). The van der Waals surface area contributed by atoms with Crippen LogP contribution in [0.2, 0.25) is 0 Å². The molecule has 2 aliphatic rings. The first-order valence-corrected chi connectivity index (χ1v) is 11.6. The minimum absolute atomic E-state index is 0.0570. The smallest absolute Gasteiger partial charge is 0.318 e. The summed E-state index contributed by atoms with van der Waals surface area (Å²) in [6.07, 6.45) is 1.15. The summed E-state index contributed by atoms with van der Waals surface area (Å²) in [5.74, 6) is 0.753. The van der Waals surface area contributed by atoms with E-state index in [1.54, 1.807) is 23.1 Å². The topological polar surface area (TPSA) is 120 Å². The van der Waals surface area contributed by atoms with Gasteiger partial charge in [-0.25, -0.2) is 9.79 Å². The number of carbonyl (C=O) groups is 1. The number of nitriles is 1. The Morgan fingerprint density at radius 1 is 1.34 bits per heavy atom. The van der Waals surface area contributed by atoms with E-state index in [4.69, 9.17) is 9.57 Å². The molecule has 4 rings (SSSR count). The third-order valence-electron chi connectivity index (χ3n) is 6.07. The number of amides is 2. The van der Waals surface area contributed by atoms with Crippen molar-refractivity contribution in [2.24, 2.45) is 10.1 Å². The number of rotatable bonds is 7. The molecule has 35 heavy (non-hydrogen) atoms. The zero-order chi connectivity index (χ0) is 24.9. The van der Waals surface area contributed by atoms with Crippen molar-refractivity contribution in [1.82, 2.24) is 10.2 Å². The van der Waals surface area contributed by atoms with Crippen LogP contribution in [0, 0.1) is 11.3 Å². The van der Waals surface area contributed by atoms with Gasteiger partial charge in [-0.3, -0.25) is 0 Å². The first kappa shape index (κ1) is 24.2. The molecule has 0 saturated carbocycles. The van der Waals surface area contributed by atoms with Crippen molar-refractivity contribution in [3.63, 3.8) is 0 Å². The number of hydrogen-bond donors (Lipinski definition) is 2. The summed E-state index contributed by atoms with van der Waals surface area (Å²) < 4.78 is 5.69. The lowest BCUT2D eigenvalue weighted by atomic mass is 10.0. The zero-order valence-corrected chi connectivity index (χ0v) is 19.9. The van der Waals surface area contributed by atoms with Crippen LogP contribution in [0.4, 0.5) is 4.79 Å². The van der Waals surface area contributed by atoms with Crippen molar-refractivity contribution >= 4 is 18.6 Å². The second-order valence-electron chi connectivity index (χ2n) is 8.92. The summed E-state index contributed by atoms with van der Waals surface area (Å²) in [5, 5.41) is 25.6. The summed E-state index contributed by atoms with van der Waals surface area (Å²) in [6, 6.07) is 13.1. The number of fused-ring (bicyclic) bond motifs is 1. The molecule has 1 heterocycles. The number of aliphatic imine (C=N–C) groups is 1. The fourth-order valence-corrected chi connectivity index (χ4v) is 4.39. The minimum atomic E-state index is -0.425. The van der Waals surface area contributed by atoms with Crippen molar-refractivity contribution in [3.8, 4) is 11.8 Å². The Bertz CT molecular complexity index is 1180. The van der Waals surface area contributed by atoms with Crippen LogP contribution in [-0.2, 0) is 17.8 Å². The number of β-amino-alcohol motifs (C(OH)–C–C–N with tert-alkyl or cyclic N) is 1. The van der Waals surface area contributed by atoms with Gasteiger partial charge in [-0.05, 0) is 61.6 Å². The molecular weight excluding hydrogens is 446 g/mol. The van der Waals surface area contributed by atoms with E-state index in [2.05, 4.69) is 28.3 Å². The Hall–Kier alpha value is -3.90. The largest absolute Gasteiger partial charge is 0.490 e. The number of nitrogens with one attached hydrogen (secondary N) is 1. The molecule has 2 N–H and O–H groups in total. The second kappa shape index (κ2) is 10.6. The number of ether oxygens (including phenoxy) is 1. The van der Waals surface area contributed by atoms with Gasteiger partial charge in [0.2, 0.25) is 0 Å². The van der Waals surface area contributed by atoms with E-state index in [1.807, 2.05) is 32.0 Å². The molecule has 9 nitrogen and oxygen atoms in total. The van der Waals surface area contributed by atoms with Gasteiger partial charge in [-0.1, -0.05) is 23.4 Å². The Labute approximate surface area is 204 Å². The van der Waals surface area contributed by atoms with E-state index in [9.17, 15) is 15.2 Å². The molecule has 0 spiro atoms. The van der Waals surface area contributed by atoms with Gasteiger partial charge in [0.15, 0.2) is 0 Å². The summed E-state index contributed by atoms with van der Waals surface area (Å²) in [7, 11) is 0. The van der Waals surface area contributed by atoms with Crippen molar-refractivity contribution in [1.29, 1.82) is 5.26 Å². The van der Waals surface area contributed by atoms with E-state index in [1.165, 1.54) is 0 Å². The fourth-order valence-electron chi connectivity index (χ4n) is 4.39. The molecule has 2 aromatic carbocycles. The number of hydrogen-bond acceptors (Lipinski definition) is 7. The third kappa shape index (κ3) is 5.44. The van der Waals surface area contributed by atoms with Crippen LogP contribution in [0.25, 0.3) is 0 Å². The average Bonchev–Trinajstić information content (AvgIpc) is 3.23. The molecule has 1 aliphatic heterocycles. The maximum Gasteiger partial charge on any atom is 0.318 e. The van der Waals surface area contributed by atoms with Gasteiger partial charge in [-0.15, -0.1) is 0 Å². The number of aliphatic hydroxyl groups excluding tert-OH is 1. The first-order chi connectivity index (χ1) is 16.9. The van der Waals surface area contributed by atoms with Gasteiger partial charge in [0.25, 0.3) is 5.90 Å². The van der Waals surface area contributed by atoms with Crippen molar-refractivity contribution in [2.75, 3.05) is 13.1 Å². The van der Waals surface area contributed by atoms with Gasteiger partial charge >= 0.3 is 6.03 Å². The summed E-state index contributed by atoms with van der Waals surface area (Å²) in [6.45, 7) is 8.30. The monoisotopic (exact) mass is 475 g/mol. The minimum Gasteiger partial charge on any atom is -0.490 e. The van der Waals surface area contributed by atoms with E-state index >= 15 is 0 Å². The summed E-state index contributed by atoms with van der Waals surface area (Å²) >= 11 is 0. The molecule has 1 fully saturated rings. The highest BCUT2D eigenvalue weighted by atomic mass is 16.6. The number of urea groups is 1. The molecule has 0 aromatic heterocycles. The maximum atomic E-state index is 12.4. The Kier molecular flexibility index (Phi) is 7.32. The van der Waals surface area contributed by atoms with E-state index in [0.29, 0.717) is 36.5 Å². The van der Waals surface area contributed by atoms with Crippen LogP contribution in [0.3, 0.4) is 0 Å². The van der Waals surface area contributed by atoms with Crippen LogP contribution in [-0.4, -0.2) is 54.0 Å². The van der Waals surface area contributed by atoms with Crippen molar-refractivity contribution in [2.45, 2.75) is 51.5 Å². The predicted octanol–water partition coefficient (Wildman–Crippen LogP) is 3.30. The lowest BCUT2D eigenvalue weighted by Gasteiger charge is -2.36. The van der Waals surface area contributed by atoms with Crippen LogP contribution in [0.1, 0.15) is 54.1 Å². The molecule has 1 unspecified atom stereocenters.